The smallest absolute Gasteiger partial charge is 0.255 e. The van der Waals surface area contributed by atoms with Gasteiger partial charge in [-0.15, -0.1) is 0 Å². The van der Waals surface area contributed by atoms with Crippen LogP contribution in [0.15, 0.2) is 36.5 Å². The molecule has 0 bridgehead atoms. The van der Waals surface area contributed by atoms with Crippen molar-refractivity contribution >= 4 is 17.5 Å². The third-order valence-corrected chi connectivity index (χ3v) is 6.63. The average molecular weight is 421 g/mol. The second kappa shape index (κ2) is 9.08. The third-order valence-electron chi connectivity index (χ3n) is 6.63. The van der Waals surface area contributed by atoms with Gasteiger partial charge in [0.15, 0.2) is 0 Å². The minimum atomic E-state index is 0.0266. The molecule has 1 aromatic heterocycles. The van der Waals surface area contributed by atoms with Crippen molar-refractivity contribution in [1.82, 2.24) is 15.2 Å². The number of pyridine rings is 1. The summed E-state index contributed by atoms with van der Waals surface area (Å²) in [5, 5.41) is 2.86. The van der Waals surface area contributed by atoms with Gasteiger partial charge in [-0.3, -0.25) is 14.6 Å². The number of likely N-dealkylation sites (tertiary alicyclic amines) is 1. The number of aryl methyl sites for hydroxylation is 3. The van der Waals surface area contributed by atoms with Gasteiger partial charge in [0.1, 0.15) is 0 Å². The van der Waals surface area contributed by atoms with Gasteiger partial charge in [0.25, 0.3) is 5.91 Å². The molecule has 2 amide bonds. The summed E-state index contributed by atoms with van der Waals surface area (Å²) in [6, 6.07) is 10.7. The van der Waals surface area contributed by atoms with Crippen LogP contribution in [0.5, 0.6) is 0 Å². The molecule has 3 heterocycles. The van der Waals surface area contributed by atoms with Crippen molar-refractivity contribution < 1.29 is 9.59 Å². The van der Waals surface area contributed by atoms with Gasteiger partial charge in [0.2, 0.25) is 5.91 Å². The summed E-state index contributed by atoms with van der Waals surface area (Å²) in [4.78, 5) is 33.0. The number of hydrogen-bond acceptors (Lipinski definition) is 4. The van der Waals surface area contributed by atoms with Gasteiger partial charge in [0, 0.05) is 63.4 Å². The number of nitrogens with one attached hydrogen (secondary N) is 1. The van der Waals surface area contributed by atoms with E-state index in [-0.39, 0.29) is 11.8 Å². The van der Waals surface area contributed by atoms with Gasteiger partial charge in [-0.25, -0.2) is 0 Å². The summed E-state index contributed by atoms with van der Waals surface area (Å²) < 4.78 is 0. The van der Waals surface area contributed by atoms with E-state index in [1.165, 1.54) is 11.3 Å². The van der Waals surface area contributed by atoms with Crippen LogP contribution in [0.2, 0.25) is 0 Å². The fourth-order valence-electron chi connectivity index (χ4n) is 5.01. The van der Waals surface area contributed by atoms with Crippen molar-refractivity contribution in [2.75, 3.05) is 37.6 Å². The van der Waals surface area contributed by atoms with E-state index in [9.17, 15) is 9.59 Å². The van der Waals surface area contributed by atoms with E-state index in [0.29, 0.717) is 18.4 Å². The molecule has 0 spiro atoms. The average Bonchev–Trinajstić information content (AvgIpc) is 3.30. The number of anilines is 1. The van der Waals surface area contributed by atoms with Crippen molar-refractivity contribution in [3.8, 4) is 0 Å². The first kappa shape index (κ1) is 21.3. The summed E-state index contributed by atoms with van der Waals surface area (Å²) in [6.07, 6.45) is 3.67. The highest BCUT2D eigenvalue weighted by Gasteiger charge is 2.42. The number of carbonyl (C=O) groups is 2. The van der Waals surface area contributed by atoms with Gasteiger partial charge in [-0.05, 0) is 56.0 Å². The zero-order valence-corrected chi connectivity index (χ0v) is 18.7. The maximum Gasteiger partial charge on any atom is 0.255 e. The summed E-state index contributed by atoms with van der Waals surface area (Å²) in [5.74, 6) is 1.19. The molecular formula is C25H32N4O2. The number of nitrogens with zero attached hydrogens (tertiary/aromatic N) is 3. The van der Waals surface area contributed by atoms with Crippen LogP contribution < -0.4 is 10.2 Å². The van der Waals surface area contributed by atoms with Crippen molar-refractivity contribution in [2.45, 2.75) is 33.6 Å². The second-order valence-electron chi connectivity index (χ2n) is 8.98. The Morgan fingerprint density at radius 1 is 1.10 bits per heavy atom. The minimum absolute atomic E-state index is 0.0266. The fraction of sp³-hybridized carbons (Fsp3) is 0.480. The molecule has 1 N–H and O–H groups in total. The van der Waals surface area contributed by atoms with Crippen molar-refractivity contribution in [3.63, 3.8) is 0 Å². The number of carbonyl (C=O) groups excluding carboxylic acids is 2. The largest absolute Gasteiger partial charge is 0.371 e. The number of rotatable bonds is 6. The molecule has 6 nitrogen and oxygen atoms in total. The highest BCUT2D eigenvalue weighted by Crippen LogP contribution is 2.35. The van der Waals surface area contributed by atoms with Crippen LogP contribution in [0.1, 0.15) is 40.5 Å². The summed E-state index contributed by atoms with van der Waals surface area (Å²) in [5.41, 5.74) is 5.17. The lowest BCUT2D eigenvalue weighted by Gasteiger charge is -2.24. The molecule has 2 aromatic rings. The molecule has 164 valence electrons. The highest BCUT2D eigenvalue weighted by molar-refractivity contribution is 5.96. The Morgan fingerprint density at radius 2 is 1.84 bits per heavy atom. The van der Waals surface area contributed by atoms with Crippen molar-refractivity contribution in [2.24, 2.45) is 11.8 Å². The van der Waals surface area contributed by atoms with Gasteiger partial charge < -0.3 is 15.1 Å². The van der Waals surface area contributed by atoms with E-state index in [4.69, 9.17) is 0 Å². The molecule has 2 unspecified atom stereocenters. The Hall–Kier alpha value is -2.89. The zero-order valence-electron chi connectivity index (χ0n) is 18.7. The maximum atomic E-state index is 13.1. The number of benzene rings is 1. The molecule has 2 aliphatic rings. The Balaban J connectivity index is 1.35. The molecule has 2 fully saturated rings. The van der Waals surface area contributed by atoms with E-state index < -0.39 is 0 Å². The topological polar surface area (TPSA) is 65.5 Å². The van der Waals surface area contributed by atoms with Crippen molar-refractivity contribution in [1.29, 1.82) is 0 Å². The molecule has 6 heteroatoms. The van der Waals surface area contributed by atoms with Gasteiger partial charge in [-0.1, -0.05) is 12.1 Å². The molecule has 2 saturated heterocycles. The predicted molar refractivity (Wildman–Crippen MR) is 122 cm³/mol. The molecule has 1 aromatic carbocycles. The minimum Gasteiger partial charge on any atom is -0.371 e. The number of amides is 2. The Bertz CT molecular complexity index is 939. The quantitative estimate of drug-likeness (QED) is 0.730. The van der Waals surface area contributed by atoms with Gasteiger partial charge in [0.05, 0.1) is 11.3 Å². The van der Waals surface area contributed by atoms with Crippen LogP contribution in [0.4, 0.5) is 5.69 Å². The lowest BCUT2D eigenvalue weighted by atomic mass is 10.0. The Morgan fingerprint density at radius 3 is 2.52 bits per heavy atom. The normalized spacial score (nSPS) is 20.1. The van der Waals surface area contributed by atoms with E-state index >= 15 is 0 Å². The summed E-state index contributed by atoms with van der Waals surface area (Å²) >= 11 is 0. The fourth-order valence-corrected chi connectivity index (χ4v) is 5.01. The molecule has 4 rings (SSSR count). The van der Waals surface area contributed by atoms with Crippen LogP contribution in [0, 0.1) is 25.7 Å². The molecule has 0 aliphatic carbocycles. The lowest BCUT2D eigenvalue weighted by molar-refractivity contribution is -0.118. The number of fused-ring (bicyclic) bond motifs is 1. The Kier molecular flexibility index (Phi) is 6.25. The number of hydrogen-bond donors (Lipinski definition) is 1. The molecule has 0 radical (unpaired) electrons. The Labute approximate surface area is 184 Å². The second-order valence-corrected chi connectivity index (χ2v) is 8.98. The summed E-state index contributed by atoms with van der Waals surface area (Å²) in [7, 11) is 0. The monoisotopic (exact) mass is 420 g/mol. The first-order valence-electron chi connectivity index (χ1n) is 11.2. The molecular weight excluding hydrogens is 388 g/mol. The third kappa shape index (κ3) is 4.73. The van der Waals surface area contributed by atoms with Crippen LogP contribution in [-0.4, -0.2) is 54.4 Å². The molecule has 31 heavy (non-hydrogen) atoms. The number of aromatic nitrogens is 1. The van der Waals surface area contributed by atoms with E-state index in [0.717, 1.165) is 55.8 Å². The van der Waals surface area contributed by atoms with Crippen molar-refractivity contribution in [3.05, 3.63) is 58.9 Å². The maximum absolute atomic E-state index is 13.1. The summed E-state index contributed by atoms with van der Waals surface area (Å²) in [6.45, 7) is 9.81. The van der Waals surface area contributed by atoms with E-state index in [1.54, 1.807) is 13.1 Å². The van der Waals surface area contributed by atoms with Gasteiger partial charge >= 0.3 is 0 Å². The van der Waals surface area contributed by atoms with Crippen LogP contribution >= 0.6 is 0 Å². The molecule has 2 aliphatic heterocycles. The standard InChI is InChI=1S/C25H32N4O2/c1-17-9-11-26-18(2)24(17)25(31)29-15-21-13-28(14-22(21)16-29)23-8-4-6-20(12-23)7-5-10-27-19(3)30/h4,6,8-9,11-12,21-22H,5,7,10,13-16H2,1-3H3,(H,27,30). The molecule has 2 atom stereocenters. The van der Waals surface area contributed by atoms with Crippen LogP contribution in [0.25, 0.3) is 0 Å². The van der Waals surface area contributed by atoms with Crippen LogP contribution in [-0.2, 0) is 11.2 Å². The zero-order chi connectivity index (χ0) is 22.0. The first-order valence-corrected chi connectivity index (χ1v) is 11.2. The van der Waals surface area contributed by atoms with Gasteiger partial charge in [-0.2, -0.15) is 0 Å². The van der Waals surface area contributed by atoms with E-state index in [2.05, 4.69) is 39.5 Å². The van der Waals surface area contributed by atoms with E-state index in [1.807, 2.05) is 24.8 Å². The lowest BCUT2D eigenvalue weighted by Crippen LogP contribution is -2.34. The SMILES string of the molecule is CC(=O)NCCCc1cccc(N2CC3CN(C(=O)c4c(C)ccnc4C)CC3C2)c1. The first-order chi connectivity index (χ1) is 14.9. The predicted octanol–water partition coefficient (Wildman–Crippen LogP) is 2.98. The molecule has 0 saturated carbocycles. The highest BCUT2D eigenvalue weighted by atomic mass is 16.2. The van der Waals surface area contributed by atoms with Crippen LogP contribution in [0.3, 0.4) is 0 Å².